The van der Waals surface area contributed by atoms with Crippen LogP contribution in [0.4, 0.5) is 0 Å². The molecule has 0 amide bonds. The maximum absolute atomic E-state index is 11.0. The summed E-state index contributed by atoms with van der Waals surface area (Å²) in [5.41, 5.74) is 0.813. The second kappa shape index (κ2) is 6.54. The lowest BCUT2D eigenvalue weighted by Crippen LogP contribution is -2.41. The van der Waals surface area contributed by atoms with E-state index in [4.69, 9.17) is 19.3 Å². The SMILES string of the molecule is CC(=O)OC1CCCOC1Oc1ccc(CO)cc1. The van der Waals surface area contributed by atoms with Crippen molar-refractivity contribution in [3.05, 3.63) is 29.8 Å². The van der Waals surface area contributed by atoms with Gasteiger partial charge in [-0.25, -0.2) is 0 Å². The van der Waals surface area contributed by atoms with Crippen molar-refractivity contribution >= 4 is 5.97 Å². The maximum atomic E-state index is 11.0. The molecule has 2 rings (SSSR count). The van der Waals surface area contributed by atoms with Crippen molar-refractivity contribution in [3.8, 4) is 5.75 Å². The number of rotatable bonds is 4. The van der Waals surface area contributed by atoms with Gasteiger partial charge in [0.2, 0.25) is 6.29 Å². The molecule has 2 atom stereocenters. The minimum atomic E-state index is -0.572. The fourth-order valence-electron chi connectivity index (χ4n) is 1.97. The molecular formula is C14H18O5. The lowest BCUT2D eigenvalue weighted by Gasteiger charge is -2.31. The Labute approximate surface area is 112 Å². The van der Waals surface area contributed by atoms with Crippen LogP contribution in [0.3, 0.4) is 0 Å². The minimum Gasteiger partial charge on any atom is -0.461 e. The first kappa shape index (κ1) is 13.8. The predicted molar refractivity (Wildman–Crippen MR) is 67.5 cm³/mol. The number of aliphatic hydroxyl groups is 1. The number of benzene rings is 1. The van der Waals surface area contributed by atoms with E-state index in [0.29, 0.717) is 12.4 Å². The summed E-state index contributed by atoms with van der Waals surface area (Å²) in [6.45, 7) is 1.97. The van der Waals surface area contributed by atoms with Crippen molar-refractivity contribution in [1.82, 2.24) is 0 Å². The minimum absolute atomic E-state index is 0.00369. The molecule has 0 radical (unpaired) electrons. The zero-order valence-electron chi connectivity index (χ0n) is 10.9. The van der Waals surface area contributed by atoms with Crippen LogP contribution < -0.4 is 4.74 Å². The van der Waals surface area contributed by atoms with Crippen molar-refractivity contribution in [2.75, 3.05) is 6.61 Å². The molecule has 0 spiro atoms. The second-order valence-corrected chi connectivity index (χ2v) is 4.45. The smallest absolute Gasteiger partial charge is 0.303 e. The summed E-state index contributed by atoms with van der Waals surface area (Å²) in [6, 6.07) is 7.07. The average molecular weight is 266 g/mol. The first-order chi connectivity index (χ1) is 9.19. The van der Waals surface area contributed by atoms with E-state index in [-0.39, 0.29) is 18.7 Å². The Kier molecular flexibility index (Phi) is 4.76. The molecule has 1 aromatic rings. The largest absolute Gasteiger partial charge is 0.461 e. The normalized spacial score (nSPS) is 22.8. The van der Waals surface area contributed by atoms with Crippen molar-refractivity contribution in [2.45, 2.75) is 38.8 Å². The third-order valence-electron chi connectivity index (χ3n) is 2.89. The molecule has 2 unspecified atom stereocenters. The number of hydrogen-bond donors (Lipinski definition) is 1. The Morgan fingerprint density at radius 3 is 2.79 bits per heavy atom. The third-order valence-corrected chi connectivity index (χ3v) is 2.89. The summed E-state index contributed by atoms with van der Waals surface area (Å²) in [5.74, 6) is 0.293. The molecule has 0 aromatic heterocycles. The Morgan fingerprint density at radius 2 is 2.16 bits per heavy atom. The molecule has 1 heterocycles. The van der Waals surface area contributed by atoms with Crippen LogP contribution in [-0.4, -0.2) is 30.1 Å². The number of esters is 1. The van der Waals surface area contributed by atoms with Crippen LogP contribution in [0.2, 0.25) is 0 Å². The zero-order valence-corrected chi connectivity index (χ0v) is 10.9. The topological polar surface area (TPSA) is 65.0 Å². The van der Waals surface area contributed by atoms with Gasteiger partial charge < -0.3 is 19.3 Å². The summed E-state index contributed by atoms with van der Waals surface area (Å²) in [4.78, 5) is 11.0. The molecular weight excluding hydrogens is 248 g/mol. The Morgan fingerprint density at radius 1 is 1.42 bits per heavy atom. The lowest BCUT2D eigenvalue weighted by molar-refractivity contribution is -0.195. The average Bonchev–Trinajstić information content (AvgIpc) is 2.41. The Bertz CT molecular complexity index is 414. The van der Waals surface area contributed by atoms with Gasteiger partial charge in [-0.05, 0) is 30.5 Å². The number of carbonyl (C=O) groups excluding carboxylic acids is 1. The summed E-state index contributed by atoms with van der Waals surface area (Å²) in [6.07, 6.45) is 0.640. The fourth-order valence-corrected chi connectivity index (χ4v) is 1.97. The number of hydrogen-bond acceptors (Lipinski definition) is 5. The van der Waals surface area contributed by atoms with Crippen LogP contribution in [0.15, 0.2) is 24.3 Å². The van der Waals surface area contributed by atoms with Gasteiger partial charge in [0.25, 0.3) is 0 Å². The van der Waals surface area contributed by atoms with E-state index in [1.54, 1.807) is 24.3 Å². The highest BCUT2D eigenvalue weighted by molar-refractivity contribution is 5.66. The van der Waals surface area contributed by atoms with Crippen molar-refractivity contribution in [2.24, 2.45) is 0 Å². The standard InChI is InChI=1S/C14H18O5/c1-10(16)18-13-3-2-8-17-14(13)19-12-6-4-11(9-15)5-7-12/h4-7,13-15H,2-3,8-9H2,1H3. The Hall–Kier alpha value is -1.59. The predicted octanol–water partition coefficient (Wildman–Crippen LogP) is 1.63. The summed E-state index contributed by atoms with van der Waals surface area (Å²) >= 11 is 0. The van der Waals surface area contributed by atoms with Gasteiger partial charge in [0.1, 0.15) is 5.75 Å². The van der Waals surface area contributed by atoms with Crippen LogP contribution in [-0.2, 0) is 20.9 Å². The van der Waals surface area contributed by atoms with E-state index in [1.165, 1.54) is 6.92 Å². The van der Waals surface area contributed by atoms with Gasteiger partial charge in [0.05, 0.1) is 13.2 Å². The van der Waals surface area contributed by atoms with Crippen molar-refractivity contribution in [1.29, 1.82) is 0 Å². The number of aliphatic hydroxyl groups excluding tert-OH is 1. The quantitative estimate of drug-likeness (QED) is 0.839. The molecule has 5 nitrogen and oxygen atoms in total. The third kappa shape index (κ3) is 3.94. The van der Waals surface area contributed by atoms with Crippen LogP contribution in [0.25, 0.3) is 0 Å². The van der Waals surface area contributed by atoms with Gasteiger partial charge >= 0.3 is 5.97 Å². The molecule has 5 heteroatoms. The lowest BCUT2D eigenvalue weighted by atomic mass is 10.1. The summed E-state index contributed by atoms with van der Waals surface area (Å²) in [5, 5.41) is 8.97. The summed E-state index contributed by atoms with van der Waals surface area (Å²) < 4.78 is 16.4. The monoisotopic (exact) mass is 266 g/mol. The maximum Gasteiger partial charge on any atom is 0.303 e. The van der Waals surface area contributed by atoms with E-state index in [2.05, 4.69) is 0 Å². The first-order valence-electron chi connectivity index (χ1n) is 6.34. The van der Waals surface area contributed by atoms with Gasteiger partial charge in [-0.15, -0.1) is 0 Å². The first-order valence-corrected chi connectivity index (χ1v) is 6.34. The molecule has 1 aliphatic rings. The molecule has 0 saturated carbocycles. The zero-order chi connectivity index (χ0) is 13.7. The second-order valence-electron chi connectivity index (χ2n) is 4.45. The molecule has 1 aliphatic heterocycles. The molecule has 1 N–H and O–H groups in total. The van der Waals surface area contributed by atoms with E-state index < -0.39 is 6.29 Å². The van der Waals surface area contributed by atoms with E-state index >= 15 is 0 Å². The van der Waals surface area contributed by atoms with Crippen LogP contribution in [0.5, 0.6) is 5.75 Å². The van der Waals surface area contributed by atoms with E-state index in [9.17, 15) is 4.79 Å². The fraction of sp³-hybridized carbons (Fsp3) is 0.500. The summed E-state index contributed by atoms with van der Waals surface area (Å²) in [7, 11) is 0. The van der Waals surface area contributed by atoms with Crippen molar-refractivity contribution < 1.29 is 24.1 Å². The van der Waals surface area contributed by atoms with Gasteiger partial charge in [0.15, 0.2) is 6.10 Å². The van der Waals surface area contributed by atoms with Crippen LogP contribution in [0.1, 0.15) is 25.3 Å². The van der Waals surface area contributed by atoms with Gasteiger partial charge in [-0.1, -0.05) is 12.1 Å². The molecule has 1 saturated heterocycles. The highest BCUT2D eigenvalue weighted by Crippen LogP contribution is 2.22. The molecule has 0 aliphatic carbocycles. The van der Waals surface area contributed by atoms with Crippen molar-refractivity contribution in [3.63, 3.8) is 0 Å². The van der Waals surface area contributed by atoms with Crippen LogP contribution in [0, 0.1) is 0 Å². The number of carbonyl (C=O) groups is 1. The van der Waals surface area contributed by atoms with Gasteiger partial charge in [-0.3, -0.25) is 4.79 Å². The molecule has 1 fully saturated rings. The molecule has 104 valence electrons. The van der Waals surface area contributed by atoms with Gasteiger partial charge in [-0.2, -0.15) is 0 Å². The highest BCUT2D eigenvalue weighted by Gasteiger charge is 2.30. The molecule has 1 aromatic carbocycles. The molecule has 19 heavy (non-hydrogen) atoms. The van der Waals surface area contributed by atoms with E-state index in [1.807, 2.05) is 0 Å². The Balaban J connectivity index is 1.99. The van der Waals surface area contributed by atoms with Crippen LogP contribution >= 0.6 is 0 Å². The molecule has 0 bridgehead atoms. The van der Waals surface area contributed by atoms with Gasteiger partial charge in [0, 0.05) is 6.92 Å². The highest BCUT2D eigenvalue weighted by atomic mass is 16.7. The number of ether oxygens (including phenoxy) is 3. The van der Waals surface area contributed by atoms with E-state index in [0.717, 1.165) is 18.4 Å².